The van der Waals surface area contributed by atoms with Crippen molar-refractivity contribution in [2.75, 3.05) is 18.0 Å². The number of hydrogen-bond acceptors (Lipinski definition) is 3. The van der Waals surface area contributed by atoms with Crippen molar-refractivity contribution in [3.05, 3.63) is 24.5 Å². The van der Waals surface area contributed by atoms with E-state index < -0.39 is 0 Å². The van der Waals surface area contributed by atoms with Crippen LogP contribution in [0.15, 0.2) is 24.5 Å². The highest BCUT2D eigenvalue weighted by molar-refractivity contribution is 5.93. The quantitative estimate of drug-likeness (QED) is 0.784. The number of carbonyl (C=O) groups excluding carboxylic acids is 1. The fourth-order valence-electron chi connectivity index (χ4n) is 2.28. The first-order valence-electron chi connectivity index (χ1n) is 7.13. The Bertz CT molecular complexity index is 367. The zero-order valence-electron chi connectivity index (χ0n) is 12.0. The molecule has 1 aromatic heterocycles. The Kier molecular flexibility index (Phi) is 7.11. The lowest BCUT2D eigenvalue weighted by Gasteiger charge is -2.22. The molecule has 1 heterocycles. The van der Waals surface area contributed by atoms with Crippen LogP contribution < -0.4 is 10.6 Å². The lowest BCUT2D eigenvalue weighted by Crippen LogP contribution is -2.30. The predicted octanol–water partition coefficient (Wildman–Crippen LogP) is 2.59. The Morgan fingerprint density at radius 3 is 2.53 bits per heavy atom. The molecule has 1 aromatic rings. The van der Waals surface area contributed by atoms with Crippen molar-refractivity contribution in [2.45, 2.75) is 39.5 Å². The van der Waals surface area contributed by atoms with E-state index in [0.717, 1.165) is 24.9 Å². The molecule has 0 fully saturated rings. The summed E-state index contributed by atoms with van der Waals surface area (Å²) in [4.78, 5) is 18.1. The second kappa shape index (κ2) is 8.64. The number of amides is 1. The molecule has 4 heteroatoms. The fraction of sp³-hybridized carbons (Fsp3) is 0.600. The molecule has 2 N–H and O–H groups in total. The number of pyridine rings is 1. The van der Waals surface area contributed by atoms with Crippen molar-refractivity contribution >= 4 is 11.6 Å². The van der Waals surface area contributed by atoms with E-state index in [1.165, 1.54) is 0 Å². The van der Waals surface area contributed by atoms with E-state index in [1.807, 2.05) is 24.0 Å². The van der Waals surface area contributed by atoms with Gasteiger partial charge in [0.1, 0.15) is 0 Å². The van der Waals surface area contributed by atoms with E-state index in [-0.39, 0.29) is 5.91 Å². The van der Waals surface area contributed by atoms with Gasteiger partial charge in [-0.2, -0.15) is 0 Å². The number of nitrogens with two attached hydrogens (primary N) is 1. The summed E-state index contributed by atoms with van der Waals surface area (Å²) in [7, 11) is 0. The number of hydrogen-bond donors (Lipinski definition) is 1. The Hall–Kier alpha value is -1.42. The van der Waals surface area contributed by atoms with Gasteiger partial charge in [0, 0.05) is 31.0 Å². The molecule has 0 radical (unpaired) electrons. The van der Waals surface area contributed by atoms with Crippen LogP contribution in [0.1, 0.15) is 39.5 Å². The van der Waals surface area contributed by atoms with Crippen LogP contribution in [0.4, 0.5) is 5.69 Å². The summed E-state index contributed by atoms with van der Waals surface area (Å²) in [6.45, 7) is 5.55. The van der Waals surface area contributed by atoms with Gasteiger partial charge in [0.15, 0.2) is 0 Å². The SMILES string of the molecule is CCC(CCN)CCC(=O)N(CC)c1ccncc1. The molecule has 0 aliphatic carbocycles. The van der Waals surface area contributed by atoms with Crippen LogP contribution in [0.25, 0.3) is 0 Å². The highest BCUT2D eigenvalue weighted by Crippen LogP contribution is 2.18. The maximum Gasteiger partial charge on any atom is 0.226 e. The average molecular weight is 263 g/mol. The van der Waals surface area contributed by atoms with Gasteiger partial charge in [-0.3, -0.25) is 9.78 Å². The molecule has 0 aliphatic heterocycles. The standard InChI is InChI=1S/C15H25N3O/c1-3-13(7-10-16)5-6-15(19)18(4-2)14-8-11-17-12-9-14/h8-9,11-13H,3-7,10,16H2,1-2H3. The summed E-state index contributed by atoms with van der Waals surface area (Å²) < 4.78 is 0. The molecule has 1 unspecified atom stereocenters. The van der Waals surface area contributed by atoms with Crippen molar-refractivity contribution in [3.8, 4) is 0 Å². The van der Waals surface area contributed by atoms with E-state index in [1.54, 1.807) is 12.4 Å². The van der Waals surface area contributed by atoms with Crippen LogP contribution in [0, 0.1) is 5.92 Å². The maximum absolute atomic E-state index is 12.3. The van der Waals surface area contributed by atoms with E-state index in [9.17, 15) is 4.79 Å². The van der Waals surface area contributed by atoms with E-state index >= 15 is 0 Å². The first kappa shape index (κ1) is 15.6. The number of nitrogens with zero attached hydrogens (tertiary/aromatic N) is 2. The summed E-state index contributed by atoms with van der Waals surface area (Å²) in [5.41, 5.74) is 6.51. The van der Waals surface area contributed by atoms with Crippen LogP contribution in [0.2, 0.25) is 0 Å². The normalized spacial score (nSPS) is 12.2. The topological polar surface area (TPSA) is 59.2 Å². The minimum absolute atomic E-state index is 0.184. The molecule has 106 valence electrons. The van der Waals surface area contributed by atoms with Crippen LogP contribution in [0.3, 0.4) is 0 Å². The Morgan fingerprint density at radius 2 is 2.00 bits per heavy atom. The van der Waals surface area contributed by atoms with Gasteiger partial charge in [0.2, 0.25) is 5.91 Å². The van der Waals surface area contributed by atoms with Gasteiger partial charge in [0.25, 0.3) is 0 Å². The van der Waals surface area contributed by atoms with Crippen molar-refractivity contribution in [1.82, 2.24) is 4.98 Å². The molecule has 4 nitrogen and oxygen atoms in total. The minimum Gasteiger partial charge on any atom is -0.330 e. The lowest BCUT2D eigenvalue weighted by atomic mass is 9.96. The first-order chi connectivity index (χ1) is 9.22. The van der Waals surface area contributed by atoms with Gasteiger partial charge in [-0.1, -0.05) is 13.3 Å². The first-order valence-corrected chi connectivity index (χ1v) is 7.13. The average Bonchev–Trinajstić information content (AvgIpc) is 2.45. The largest absolute Gasteiger partial charge is 0.330 e. The molecule has 0 spiro atoms. The maximum atomic E-state index is 12.3. The molecular weight excluding hydrogens is 238 g/mol. The Labute approximate surface area is 116 Å². The molecule has 0 aliphatic rings. The zero-order valence-corrected chi connectivity index (χ0v) is 12.0. The van der Waals surface area contributed by atoms with Crippen LogP contribution in [-0.2, 0) is 4.79 Å². The predicted molar refractivity (Wildman–Crippen MR) is 79.0 cm³/mol. The monoisotopic (exact) mass is 263 g/mol. The lowest BCUT2D eigenvalue weighted by molar-refractivity contribution is -0.118. The van der Waals surface area contributed by atoms with Crippen LogP contribution in [-0.4, -0.2) is 24.0 Å². The van der Waals surface area contributed by atoms with E-state index in [0.29, 0.717) is 25.4 Å². The summed E-state index contributed by atoms with van der Waals surface area (Å²) in [5.74, 6) is 0.745. The number of aromatic nitrogens is 1. The van der Waals surface area contributed by atoms with Crippen LogP contribution in [0.5, 0.6) is 0 Å². The third kappa shape index (κ3) is 4.99. The molecule has 0 aromatic carbocycles. The van der Waals surface area contributed by atoms with Gasteiger partial charge in [-0.25, -0.2) is 0 Å². The molecule has 0 bridgehead atoms. The Morgan fingerprint density at radius 1 is 1.32 bits per heavy atom. The summed E-state index contributed by atoms with van der Waals surface area (Å²) in [5, 5.41) is 0. The number of carbonyl (C=O) groups is 1. The van der Waals surface area contributed by atoms with Crippen molar-refractivity contribution in [3.63, 3.8) is 0 Å². The number of rotatable bonds is 8. The molecular formula is C15H25N3O. The van der Waals surface area contributed by atoms with Crippen molar-refractivity contribution < 1.29 is 4.79 Å². The van der Waals surface area contributed by atoms with E-state index in [2.05, 4.69) is 11.9 Å². The molecule has 1 rings (SSSR count). The number of anilines is 1. The molecule has 1 amide bonds. The van der Waals surface area contributed by atoms with Crippen molar-refractivity contribution in [1.29, 1.82) is 0 Å². The summed E-state index contributed by atoms with van der Waals surface area (Å²) in [6.07, 6.45) is 7.04. The Balaban J connectivity index is 2.55. The third-order valence-electron chi connectivity index (χ3n) is 3.51. The second-order valence-electron chi connectivity index (χ2n) is 4.73. The van der Waals surface area contributed by atoms with E-state index in [4.69, 9.17) is 5.73 Å². The highest BCUT2D eigenvalue weighted by atomic mass is 16.2. The van der Waals surface area contributed by atoms with Gasteiger partial charge in [-0.15, -0.1) is 0 Å². The zero-order chi connectivity index (χ0) is 14.1. The summed E-state index contributed by atoms with van der Waals surface area (Å²) >= 11 is 0. The second-order valence-corrected chi connectivity index (χ2v) is 4.73. The fourth-order valence-corrected chi connectivity index (χ4v) is 2.28. The molecule has 1 atom stereocenters. The minimum atomic E-state index is 0.184. The molecule has 0 saturated carbocycles. The van der Waals surface area contributed by atoms with Gasteiger partial charge >= 0.3 is 0 Å². The molecule has 0 saturated heterocycles. The van der Waals surface area contributed by atoms with Crippen molar-refractivity contribution in [2.24, 2.45) is 11.7 Å². The third-order valence-corrected chi connectivity index (χ3v) is 3.51. The smallest absolute Gasteiger partial charge is 0.226 e. The van der Waals surface area contributed by atoms with Gasteiger partial charge < -0.3 is 10.6 Å². The molecule has 19 heavy (non-hydrogen) atoms. The van der Waals surface area contributed by atoms with Gasteiger partial charge in [0.05, 0.1) is 0 Å². The van der Waals surface area contributed by atoms with Gasteiger partial charge in [-0.05, 0) is 44.4 Å². The highest BCUT2D eigenvalue weighted by Gasteiger charge is 2.15. The summed E-state index contributed by atoms with van der Waals surface area (Å²) in [6, 6.07) is 3.75. The van der Waals surface area contributed by atoms with Crippen LogP contribution >= 0.6 is 0 Å².